The number of aliphatic hydroxyl groups is 1. The Morgan fingerprint density at radius 3 is 2.64 bits per heavy atom. The van der Waals surface area contributed by atoms with Gasteiger partial charge >= 0.3 is 6.18 Å². The first-order valence-corrected chi connectivity index (χ1v) is 6.07. The van der Waals surface area contributed by atoms with Crippen molar-refractivity contribution in [3.05, 3.63) is 44.0 Å². The van der Waals surface area contributed by atoms with E-state index in [0.29, 0.717) is 4.57 Å². The molecule has 0 aliphatic carbocycles. The highest BCUT2D eigenvalue weighted by Crippen LogP contribution is 2.27. The van der Waals surface area contributed by atoms with E-state index in [1.165, 1.54) is 0 Å². The van der Waals surface area contributed by atoms with Crippen LogP contribution in [0, 0.1) is 10.1 Å². The molecule has 0 amide bonds. The minimum absolute atomic E-state index is 0.00153. The summed E-state index contributed by atoms with van der Waals surface area (Å²) < 4.78 is 37.5. The van der Waals surface area contributed by atoms with E-state index in [1.54, 1.807) is 0 Å². The first-order chi connectivity index (χ1) is 10.1. The van der Waals surface area contributed by atoms with Gasteiger partial charge in [-0.25, -0.2) is 4.98 Å². The Kier molecular flexibility index (Phi) is 4.07. The number of benzene rings is 1. The number of nitrogens with zero attached hydrogens (tertiary/aromatic N) is 3. The third-order valence-corrected chi connectivity index (χ3v) is 3.14. The lowest BCUT2D eigenvalue weighted by atomic mass is 10.2. The van der Waals surface area contributed by atoms with Crippen molar-refractivity contribution in [2.45, 2.75) is 18.8 Å². The first-order valence-electron chi connectivity index (χ1n) is 5.69. The molecule has 1 N–H and O–H groups in total. The van der Waals surface area contributed by atoms with Gasteiger partial charge in [0.05, 0.1) is 28.7 Å². The molecule has 0 fully saturated rings. The number of aromatic nitrogens is 2. The zero-order chi connectivity index (χ0) is 16.7. The average molecular weight is 338 g/mol. The summed E-state index contributed by atoms with van der Waals surface area (Å²) in [6.07, 6.45) is -6.85. The van der Waals surface area contributed by atoms with Crippen molar-refractivity contribution in [2.24, 2.45) is 0 Å². The van der Waals surface area contributed by atoms with Crippen molar-refractivity contribution < 1.29 is 23.2 Å². The minimum Gasteiger partial charge on any atom is -0.382 e. The Morgan fingerprint density at radius 2 is 2.09 bits per heavy atom. The van der Waals surface area contributed by atoms with Crippen molar-refractivity contribution >= 4 is 28.2 Å². The molecule has 1 aromatic heterocycles. The predicted molar refractivity (Wildman–Crippen MR) is 69.7 cm³/mol. The number of hydrogen-bond donors (Lipinski definition) is 1. The Morgan fingerprint density at radius 1 is 1.45 bits per heavy atom. The van der Waals surface area contributed by atoms with Gasteiger partial charge in [-0.15, -0.1) is 0 Å². The molecule has 2 rings (SSSR count). The monoisotopic (exact) mass is 337 g/mol. The number of nitro groups is 1. The van der Waals surface area contributed by atoms with Gasteiger partial charge in [-0.1, -0.05) is 11.6 Å². The highest BCUT2D eigenvalue weighted by Gasteiger charge is 2.38. The van der Waals surface area contributed by atoms with E-state index < -0.39 is 35.0 Å². The molecule has 0 aliphatic heterocycles. The maximum absolute atomic E-state index is 12.3. The molecular weight excluding hydrogens is 331 g/mol. The van der Waals surface area contributed by atoms with Gasteiger partial charge in [-0.2, -0.15) is 13.2 Å². The maximum atomic E-state index is 12.3. The molecule has 0 aliphatic rings. The number of nitro benzene ring substituents is 1. The summed E-state index contributed by atoms with van der Waals surface area (Å²) in [6.45, 7) is -1.07. The first kappa shape index (κ1) is 16.2. The van der Waals surface area contributed by atoms with Crippen LogP contribution in [0.5, 0.6) is 0 Å². The van der Waals surface area contributed by atoms with Gasteiger partial charge in [-0.3, -0.25) is 19.5 Å². The number of halogens is 4. The molecule has 0 saturated heterocycles. The number of alkyl halides is 3. The second-order valence-electron chi connectivity index (χ2n) is 4.34. The topological polar surface area (TPSA) is 98.3 Å². The third-order valence-electron chi connectivity index (χ3n) is 2.84. The summed E-state index contributed by atoms with van der Waals surface area (Å²) >= 11 is 5.66. The van der Waals surface area contributed by atoms with Crippen molar-refractivity contribution in [3.63, 3.8) is 0 Å². The van der Waals surface area contributed by atoms with Crippen molar-refractivity contribution in [3.8, 4) is 0 Å². The molecule has 0 spiro atoms. The van der Waals surface area contributed by atoms with Crippen LogP contribution < -0.4 is 5.56 Å². The summed E-state index contributed by atoms with van der Waals surface area (Å²) in [7, 11) is 0. The number of fused-ring (bicyclic) bond motifs is 1. The summed E-state index contributed by atoms with van der Waals surface area (Å²) in [4.78, 5) is 25.7. The second-order valence-corrected chi connectivity index (χ2v) is 4.74. The lowest BCUT2D eigenvalue weighted by molar-refractivity contribution is -0.384. The van der Waals surface area contributed by atoms with Gasteiger partial charge < -0.3 is 5.11 Å². The van der Waals surface area contributed by atoms with Crippen LogP contribution in [-0.4, -0.2) is 31.9 Å². The molecule has 11 heteroatoms. The van der Waals surface area contributed by atoms with Crippen LogP contribution in [-0.2, 0) is 6.54 Å². The molecule has 7 nitrogen and oxygen atoms in total. The Hall–Kier alpha value is -2.20. The summed E-state index contributed by atoms with van der Waals surface area (Å²) in [6, 6.07) is 1.91. The fourth-order valence-corrected chi connectivity index (χ4v) is 1.96. The molecule has 2 aromatic rings. The van der Waals surface area contributed by atoms with Gasteiger partial charge in [0.15, 0.2) is 6.10 Å². The van der Waals surface area contributed by atoms with Gasteiger partial charge in [0.1, 0.15) is 5.02 Å². The van der Waals surface area contributed by atoms with E-state index in [2.05, 4.69) is 4.98 Å². The van der Waals surface area contributed by atoms with Crippen molar-refractivity contribution in [1.29, 1.82) is 0 Å². The normalized spacial score (nSPS) is 13.3. The summed E-state index contributed by atoms with van der Waals surface area (Å²) in [5.74, 6) is 0. The molecule has 1 atom stereocenters. The predicted octanol–water partition coefficient (Wildman–Crippen LogP) is 1.88. The maximum Gasteiger partial charge on any atom is 0.416 e. The molecule has 0 saturated carbocycles. The SMILES string of the molecule is O=c1c2cc([N+](=O)[O-])c(Cl)cc2ncn1CC(O)C(F)(F)F. The summed E-state index contributed by atoms with van der Waals surface area (Å²) in [5.41, 5.74) is -1.52. The number of hydrogen-bond acceptors (Lipinski definition) is 5. The Labute approximate surface area is 124 Å². The standard InChI is InChI=1S/C11H7ClF3N3O4/c12-6-2-7-5(1-8(6)18(21)22)10(20)17(4-16-7)3-9(19)11(13,14)15/h1-2,4,9,19H,3H2. The van der Waals surface area contributed by atoms with Gasteiger partial charge in [-0.05, 0) is 6.07 Å². The van der Waals surface area contributed by atoms with E-state index in [1.807, 2.05) is 0 Å². The summed E-state index contributed by atoms with van der Waals surface area (Å²) in [5, 5.41) is 19.2. The Balaban J connectivity index is 2.56. The van der Waals surface area contributed by atoms with Crippen molar-refractivity contribution in [1.82, 2.24) is 9.55 Å². The lowest BCUT2D eigenvalue weighted by Crippen LogP contribution is -2.36. The van der Waals surface area contributed by atoms with Gasteiger partial charge in [0.2, 0.25) is 0 Å². The minimum atomic E-state index is -4.90. The molecule has 1 heterocycles. The largest absolute Gasteiger partial charge is 0.416 e. The zero-order valence-electron chi connectivity index (χ0n) is 10.5. The molecule has 1 aromatic carbocycles. The van der Waals surface area contributed by atoms with E-state index >= 15 is 0 Å². The van der Waals surface area contributed by atoms with Crippen LogP contribution in [0.2, 0.25) is 5.02 Å². The van der Waals surface area contributed by atoms with E-state index in [4.69, 9.17) is 16.7 Å². The lowest BCUT2D eigenvalue weighted by Gasteiger charge is -2.15. The van der Waals surface area contributed by atoms with Crippen LogP contribution in [0.3, 0.4) is 0 Å². The molecule has 1 unspecified atom stereocenters. The third kappa shape index (κ3) is 3.02. The highest BCUT2D eigenvalue weighted by molar-refractivity contribution is 6.33. The molecule has 0 bridgehead atoms. The molecule has 22 heavy (non-hydrogen) atoms. The Bertz CT molecular complexity index is 805. The van der Waals surface area contributed by atoms with Crippen LogP contribution in [0.4, 0.5) is 18.9 Å². The quantitative estimate of drug-likeness (QED) is 0.681. The van der Waals surface area contributed by atoms with E-state index in [-0.39, 0.29) is 15.9 Å². The van der Waals surface area contributed by atoms with Gasteiger partial charge in [0, 0.05) is 6.07 Å². The molecular formula is C11H7ClF3N3O4. The van der Waals surface area contributed by atoms with E-state index in [0.717, 1.165) is 18.5 Å². The highest BCUT2D eigenvalue weighted by atomic mass is 35.5. The van der Waals surface area contributed by atoms with Crippen LogP contribution in [0.1, 0.15) is 0 Å². The number of rotatable bonds is 3. The molecule has 118 valence electrons. The van der Waals surface area contributed by atoms with Crippen LogP contribution in [0.25, 0.3) is 10.9 Å². The second kappa shape index (κ2) is 5.54. The van der Waals surface area contributed by atoms with Gasteiger partial charge in [0.25, 0.3) is 11.2 Å². The van der Waals surface area contributed by atoms with Crippen LogP contribution >= 0.6 is 11.6 Å². The van der Waals surface area contributed by atoms with E-state index in [9.17, 15) is 28.1 Å². The smallest absolute Gasteiger partial charge is 0.382 e. The van der Waals surface area contributed by atoms with Crippen LogP contribution in [0.15, 0.2) is 23.3 Å². The fraction of sp³-hybridized carbons (Fsp3) is 0.273. The van der Waals surface area contributed by atoms with Crippen molar-refractivity contribution in [2.75, 3.05) is 0 Å². The molecule has 0 radical (unpaired) electrons. The number of aliphatic hydroxyl groups excluding tert-OH is 1. The average Bonchev–Trinajstić information content (AvgIpc) is 2.40. The zero-order valence-corrected chi connectivity index (χ0v) is 11.3. The fourth-order valence-electron chi connectivity index (χ4n) is 1.73.